The van der Waals surface area contributed by atoms with E-state index in [0.29, 0.717) is 13.1 Å². The standard InChI is InChI=1S/C22H28FN3O2/c1-25(16-17-6-5-7-19(23)14-17)22(27)24-15-21(26-12-3-4-13-26)18-8-10-20(28-2)11-9-18/h5-11,14,21H,3-4,12-13,15-16H2,1-2H3,(H,24,27). The molecule has 0 saturated carbocycles. The number of rotatable bonds is 7. The van der Waals surface area contributed by atoms with Crippen molar-refractivity contribution in [2.45, 2.75) is 25.4 Å². The highest BCUT2D eigenvalue weighted by atomic mass is 19.1. The van der Waals surface area contributed by atoms with Gasteiger partial charge in [-0.05, 0) is 61.3 Å². The molecule has 2 aromatic carbocycles. The van der Waals surface area contributed by atoms with E-state index in [1.165, 1.54) is 25.0 Å². The number of ether oxygens (including phenoxy) is 1. The van der Waals surface area contributed by atoms with Crippen LogP contribution in [0.15, 0.2) is 48.5 Å². The maximum absolute atomic E-state index is 13.4. The number of urea groups is 1. The van der Waals surface area contributed by atoms with Crippen molar-refractivity contribution in [2.75, 3.05) is 33.8 Å². The average molecular weight is 385 g/mol. The van der Waals surface area contributed by atoms with Crippen molar-refractivity contribution in [1.29, 1.82) is 0 Å². The number of hydrogen-bond donors (Lipinski definition) is 1. The summed E-state index contributed by atoms with van der Waals surface area (Å²) in [6, 6.07) is 14.3. The van der Waals surface area contributed by atoms with Crippen LogP contribution in [0.4, 0.5) is 9.18 Å². The molecule has 1 saturated heterocycles. The van der Waals surface area contributed by atoms with Gasteiger partial charge in [0.1, 0.15) is 11.6 Å². The molecule has 1 N–H and O–H groups in total. The van der Waals surface area contributed by atoms with Crippen molar-refractivity contribution >= 4 is 6.03 Å². The maximum Gasteiger partial charge on any atom is 0.317 e. The number of amides is 2. The molecule has 0 aliphatic carbocycles. The molecule has 2 aromatic rings. The lowest BCUT2D eigenvalue weighted by Gasteiger charge is -2.29. The normalized spacial score (nSPS) is 15.2. The van der Waals surface area contributed by atoms with E-state index in [0.717, 1.165) is 30.0 Å². The molecular formula is C22H28FN3O2. The van der Waals surface area contributed by atoms with Gasteiger partial charge in [0.05, 0.1) is 13.2 Å². The number of likely N-dealkylation sites (tertiary alicyclic amines) is 1. The molecule has 0 aromatic heterocycles. The zero-order chi connectivity index (χ0) is 19.9. The zero-order valence-corrected chi connectivity index (χ0v) is 16.5. The summed E-state index contributed by atoms with van der Waals surface area (Å²) in [6.45, 7) is 2.95. The molecule has 1 unspecified atom stereocenters. The first kappa shape index (κ1) is 20.1. The Balaban J connectivity index is 1.62. The van der Waals surface area contributed by atoms with Crippen LogP contribution in [0.5, 0.6) is 5.75 Å². The van der Waals surface area contributed by atoms with Crippen molar-refractivity contribution in [1.82, 2.24) is 15.1 Å². The average Bonchev–Trinajstić information content (AvgIpc) is 3.23. The highest BCUT2D eigenvalue weighted by molar-refractivity contribution is 5.73. The topological polar surface area (TPSA) is 44.8 Å². The zero-order valence-electron chi connectivity index (χ0n) is 16.5. The first-order chi connectivity index (χ1) is 13.6. The molecule has 150 valence electrons. The minimum Gasteiger partial charge on any atom is -0.497 e. The molecular weight excluding hydrogens is 357 g/mol. The largest absolute Gasteiger partial charge is 0.497 e. The summed E-state index contributed by atoms with van der Waals surface area (Å²) in [6.07, 6.45) is 2.36. The van der Waals surface area contributed by atoms with Crippen LogP contribution in [0.1, 0.15) is 30.0 Å². The first-order valence-corrected chi connectivity index (χ1v) is 9.68. The van der Waals surface area contributed by atoms with Crippen LogP contribution in [0, 0.1) is 5.82 Å². The Labute approximate surface area is 166 Å². The summed E-state index contributed by atoms with van der Waals surface area (Å²) < 4.78 is 18.6. The maximum atomic E-state index is 13.4. The second-order valence-corrected chi connectivity index (χ2v) is 7.20. The van der Waals surface area contributed by atoms with Gasteiger partial charge in [0, 0.05) is 20.1 Å². The quantitative estimate of drug-likeness (QED) is 0.788. The van der Waals surface area contributed by atoms with Gasteiger partial charge in [-0.2, -0.15) is 0 Å². The molecule has 1 aliphatic rings. The van der Waals surface area contributed by atoms with E-state index in [4.69, 9.17) is 4.74 Å². The van der Waals surface area contributed by atoms with Crippen molar-refractivity contribution in [2.24, 2.45) is 0 Å². The third-order valence-electron chi connectivity index (χ3n) is 5.18. The molecule has 1 aliphatic heterocycles. The number of methoxy groups -OCH3 is 1. The summed E-state index contributed by atoms with van der Waals surface area (Å²) in [5.74, 6) is 0.530. The molecule has 2 amide bonds. The van der Waals surface area contributed by atoms with E-state index in [9.17, 15) is 9.18 Å². The number of nitrogens with zero attached hydrogens (tertiary/aromatic N) is 2. The van der Waals surface area contributed by atoms with Crippen molar-refractivity contribution in [3.8, 4) is 5.75 Å². The lowest BCUT2D eigenvalue weighted by molar-refractivity contribution is 0.195. The Bertz CT molecular complexity index is 776. The number of carbonyl (C=O) groups excluding carboxylic acids is 1. The monoisotopic (exact) mass is 385 g/mol. The number of halogens is 1. The lowest BCUT2D eigenvalue weighted by atomic mass is 10.1. The second-order valence-electron chi connectivity index (χ2n) is 7.20. The summed E-state index contributed by atoms with van der Waals surface area (Å²) in [4.78, 5) is 16.6. The Morgan fingerprint density at radius 3 is 2.57 bits per heavy atom. The Kier molecular flexibility index (Phi) is 6.87. The van der Waals surface area contributed by atoms with E-state index in [1.807, 2.05) is 18.2 Å². The minimum absolute atomic E-state index is 0.125. The number of hydrogen-bond acceptors (Lipinski definition) is 3. The lowest BCUT2D eigenvalue weighted by Crippen LogP contribution is -2.42. The number of benzene rings is 2. The van der Waals surface area contributed by atoms with Gasteiger partial charge < -0.3 is 15.0 Å². The van der Waals surface area contributed by atoms with Crippen LogP contribution >= 0.6 is 0 Å². The summed E-state index contributed by atoms with van der Waals surface area (Å²) >= 11 is 0. The van der Waals surface area contributed by atoms with Gasteiger partial charge >= 0.3 is 6.03 Å². The number of nitrogens with one attached hydrogen (secondary N) is 1. The van der Waals surface area contributed by atoms with Gasteiger partial charge in [-0.25, -0.2) is 9.18 Å². The van der Waals surface area contributed by atoms with Crippen LogP contribution in [-0.4, -0.2) is 49.6 Å². The molecule has 1 heterocycles. The van der Waals surface area contributed by atoms with E-state index in [1.54, 1.807) is 25.1 Å². The van der Waals surface area contributed by atoms with E-state index in [2.05, 4.69) is 22.3 Å². The van der Waals surface area contributed by atoms with Crippen molar-refractivity contribution < 1.29 is 13.9 Å². The molecule has 1 atom stereocenters. The highest BCUT2D eigenvalue weighted by Gasteiger charge is 2.24. The van der Waals surface area contributed by atoms with Crippen LogP contribution in [0.25, 0.3) is 0 Å². The first-order valence-electron chi connectivity index (χ1n) is 9.68. The molecule has 1 fully saturated rings. The van der Waals surface area contributed by atoms with Crippen molar-refractivity contribution in [3.05, 3.63) is 65.5 Å². The molecule has 0 bridgehead atoms. The van der Waals surface area contributed by atoms with E-state index < -0.39 is 0 Å². The predicted molar refractivity (Wildman–Crippen MR) is 108 cm³/mol. The molecule has 6 heteroatoms. The van der Waals surface area contributed by atoms with Crippen LogP contribution < -0.4 is 10.1 Å². The van der Waals surface area contributed by atoms with Gasteiger partial charge in [0.15, 0.2) is 0 Å². The Morgan fingerprint density at radius 1 is 1.21 bits per heavy atom. The minimum atomic E-state index is -0.292. The summed E-state index contributed by atoms with van der Waals surface area (Å²) in [5, 5.41) is 3.04. The third-order valence-corrected chi connectivity index (χ3v) is 5.18. The summed E-state index contributed by atoms with van der Waals surface area (Å²) in [7, 11) is 3.38. The fourth-order valence-corrected chi connectivity index (χ4v) is 3.64. The molecule has 5 nitrogen and oxygen atoms in total. The van der Waals surface area contributed by atoms with Gasteiger partial charge in [-0.3, -0.25) is 4.90 Å². The smallest absolute Gasteiger partial charge is 0.317 e. The molecule has 3 rings (SSSR count). The SMILES string of the molecule is COc1ccc(C(CNC(=O)N(C)Cc2cccc(F)c2)N2CCCC2)cc1. The van der Waals surface area contributed by atoms with Gasteiger partial charge in [0.2, 0.25) is 0 Å². The number of carbonyl (C=O) groups is 1. The van der Waals surface area contributed by atoms with E-state index in [-0.39, 0.29) is 17.9 Å². The van der Waals surface area contributed by atoms with E-state index >= 15 is 0 Å². The second kappa shape index (κ2) is 9.55. The molecule has 0 radical (unpaired) electrons. The van der Waals surface area contributed by atoms with Crippen LogP contribution in [0.3, 0.4) is 0 Å². The Hall–Kier alpha value is -2.60. The highest BCUT2D eigenvalue weighted by Crippen LogP contribution is 2.26. The summed E-state index contributed by atoms with van der Waals surface area (Å²) in [5.41, 5.74) is 1.93. The molecule has 0 spiro atoms. The van der Waals surface area contributed by atoms with Gasteiger partial charge in [-0.15, -0.1) is 0 Å². The fraction of sp³-hybridized carbons (Fsp3) is 0.409. The van der Waals surface area contributed by atoms with Crippen LogP contribution in [0.2, 0.25) is 0 Å². The van der Waals surface area contributed by atoms with Gasteiger partial charge in [-0.1, -0.05) is 24.3 Å². The fourth-order valence-electron chi connectivity index (χ4n) is 3.64. The third kappa shape index (κ3) is 5.23. The van der Waals surface area contributed by atoms with Gasteiger partial charge in [0.25, 0.3) is 0 Å². The van der Waals surface area contributed by atoms with Crippen LogP contribution in [-0.2, 0) is 6.54 Å². The van der Waals surface area contributed by atoms with Crippen molar-refractivity contribution in [3.63, 3.8) is 0 Å². The predicted octanol–water partition coefficient (Wildman–Crippen LogP) is 3.81. The Morgan fingerprint density at radius 2 is 1.93 bits per heavy atom. The molecule has 28 heavy (non-hydrogen) atoms.